The van der Waals surface area contributed by atoms with Gasteiger partial charge >= 0.3 is 0 Å². The average Bonchev–Trinajstić information content (AvgIpc) is 3.58. The molecule has 3 fully saturated rings. The van der Waals surface area contributed by atoms with E-state index in [0.717, 1.165) is 56.4 Å². The van der Waals surface area contributed by atoms with E-state index < -0.39 is 0 Å². The normalized spacial score (nSPS) is 21.6. The third kappa shape index (κ3) is 6.35. The van der Waals surface area contributed by atoms with Gasteiger partial charge in [0.25, 0.3) is 0 Å². The van der Waals surface area contributed by atoms with Crippen LogP contribution in [0.3, 0.4) is 0 Å². The van der Waals surface area contributed by atoms with Crippen molar-refractivity contribution >= 4 is 29.9 Å². The van der Waals surface area contributed by atoms with Gasteiger partial charge in [-0.15, -0.1) is 24.0 Å². The maximum atomic E-state index is 5.71. The molecule has 1 aromatic rings. The number of rotatable bonds is 10. The Hall–Kier alpha value is -0.800. The van der Waals surface area contributed by atoms with Gasteiger partial charge in [-0.05, 0) is 69.7 Å². The van der Waals surface area contributed by atoms with Crippen LogP contribution in [0.1, 0.15) is 50.3 Å². The predicted octanol–water partition coefficient (Wildman–Crippen LogP) is 3.07. The van der Waals surface area contributed by atoms with E-state index in [9.17, 15) is 0 Å². The van der Waals surface area contributed by atoms with Gasteiger partial charge in [0.15, 0.2) is 5.96 Å². The summed E-state index contributed by atoms with van der Waals surface area (Å²) in [5.74, 6) is 2.91. The zero-order valence-electron chi connectivity index (χ0n) is 17.1. The number of guanidine groups is 1. The van der Waals surface area contributed by atoms with Crippen LogP contribution in [0.25, 0.3) is 0 Å². The molecule has 6 nitrogen and oxygen atoms in total. The van der Waals surface area contributed by atoms with Crippen LogP contribution < -0.4 is 10.6 Å². The Morgan fingerprint density at radius 1 is 1.25 bits per heavy atom. The summed E-state index contributed by atoms with van der Waals surface area (Å²) in [5.41, 5.74) is 0. The van der Waals surface area contributed by atoms with Crippen LogP contribution in [-0.4, -0.2) is 68.1 Å². The van der Waals surface area contributed by atoms with E-state index in [-0.39, 0.29) is 30.0 Å². The molecule has 1 saturated heterocycles. The number of likely N-dealkylation sites (tertiary alicyclic amines) is 1. The number of furan rings is 1. The molecular weight excluding hydrogens is 465 g/mol. The van der Waals surface area contributed by atoms with E-state index in [1.807, 2.05) is 13.1 Å². The lowest BCUT2D eigenvalue weighted by atomic mass is 10.2. The molecule has 4 rings (SSSR count). The van der Waals surface area contributed by atoms with Gasteiger partial charge < -0.3 is 15.1 Å². The Morgan fingerprint density at radius 2 is 2.04 bits per heavy atom. The molecule has 0 spiro atoms. The molecule has 3 aliphatic rings. The maximum absolute atomic E-state index is 5.71. The zero-order chi connectivity index (χ0) is 18.5. The zero-order valence-corrected chi connectivity index (χ0v) is 19.4. The lowest BCUT2D eigenvalue weighted by molar-refractivity contribution is 0.215. The van der Waals surface area contributed by atoms with E-state index in [2.05, 4.69) is 31.5 Å². The van der Waals surface area contributed by atoms with E-state index >= 15 is 0 Å². The number of halogens is 1. The van der Waals surface area contributed by atoms with Crippen LogP contribution in [0.4, 0.5) is 0 Å². The lowest BCUT2D eigenvalue weighted by Gasteiger charge is -2.27. The second kappa shape index (κ2) is 10.8. The molecule has 1 atom stereocenters. The number of nitrogens with zero attached hydrogens (tertiary/aromatic N) is 3. The fraction of sp³-hybridized carbons (Fsp3) is 0.762. The van der Waals surface area contributed by atoms with Crippen LogP contribution in [-0.2, 0) is 0 Å². The first-order chi connectivity index (χ1) is 13.3. The lowest BCUT2D eigenvalue weighted by Crippen LogP contribution is -2.45. The van der Waals surface area contributed by atoms with Crippen molar-refractivity contribution in [2.75, 3.05) is 46.3 Å². The van der Waals surface area contributed by atoms with Crippen molar-refractivity contribution in [2.24, 2.45) is 10.9 Å². The van der Waals surface area contributed by atoms with E-state index in [4.69, 9.17) is 4.42 Å². The van der Waals surface area contributed by atoms with Crippen molar-refractivity contribution < 1.29 is 4.42 Å². The minimum absolute atomic E-state index is 0. The highest BCUT2D eigenvalue weighted by Gasteiger charge is 2.33. The first-order valence-electron chi connectivity index (χ1n) is 10.8. The monoisotopic (exact) mass is 501 g/mol. The third-order valence-corrected chi connectivity index (χ3v) is 6.08. The van der Waals surface area contributed by atoms with Crippen molar-refractivity contribution in [3.63, 3.8) is 0 Å². The van der Waals surface area contributed by atoms with Crippen LogP contribution in [0.15, 0.2) is 27.8 Å². The maximum Gasteiger partial charge on any atom is 0.191 e. The minimum Gasteiger partial charge on any atom is -0.468 e. The highest BCUT2D eigenvalue weighted by molar-refractivity contribution is 14.0. The van der Waals surface area contributed by atoms with E-state index in [1.165, 1.54) is 45.1 Å². The molecule has 0 radical (unpaired) electrons. The van der Waals surface area contributed by atoms with E-state index in [1.54, 1.807) is 6.26 Å². The number of hydrogen-bond donors (Lipinski definition) is 2. The molecule has 0 amide bonds. The fourth-order valence-corrected chi connectivity index (χ4v) is 4.17. The first-order valence-corrected chi connectivity index (χ1v) is 10.8. The van der Waals surface area contributed by atoms with Crippen LogP contribution >= 0.6 is 24.0 Å². The highest BCUT2D eigenvalue weighted by atomic mass is 127. The summed E-state index contributed by atoms with van der Waals surface area (Å²) in [4.78, 5) is 9.63. The summed E-state index contributed by atoms with van der Waals surface area (Å²) >= 11 is 0. The summed E-state index contributed by atoms with van der Waals surface area (Å²) in [6.45, 7) is 6.50. The first kappa shape index (κ1) is 21.9. The van der Waals surface area contributed by atoms with Gasteiger partial charge in [-0.3, -0.25) is 14.8 Å². The largest absolute Gasteiger partial charge is 0.468 e. The Labute approximate surface area is 186 Å². The van der Waals surface area contributed by atoms with Gasteiger partial charge in [0.1, 0.15) is 5.76 Å². The smallest absolute Gasteiger partial charge is 0.191 e. The van der Waals surface area contributed by atoms with Crippen molar-refractivity contribution in [3.05, 3.63) is 24.2 Å². The van der Waals surface area contributed by atoms with Crippen molar-refractivity contribution in [1.29, 1.82) is 0 Å². The molecule has 0 aromatic carbocycles. The molecule has 158 valence electrons. The van der Waals surface area contributed by atoms with Gasteiger partial charge in [0.05, 0.1) is 12.3 Å². The molecular formula is C21H36IN5O. The van der Waals surface area contributed by atoms with Gasteiger partial charge in [-0.25, -0.2) is 0 Å². The fourth-order valence-electron chi connectivity index (χ4n) is 4.17. The Kier molecular flexibility index (Phi) is 8.47. The third-order valence-electron chi connectivity index (χ3n) is 6.08. The van der Waals surface area contributed by atoms with Crippen LogP contribution in [0.2, 0.25) is 0 Å². The topological polar surface area (TPSA) is 56.0 Å². The van der Waals surface area contributed by atoms with Crippen molar-refractivity contribution in [3.8, 4) is 0 Å². The van der Waals surface area contributed by atoms with Gasteiger partial charge in [-0.2, -0.15) is 0 Å². The molecule has 1 aromatic heterocycles. The average molecular weight is 501 g/mol. The summed E-state index contributed by atoms with van der Waals surface area (Å²) in [6.07, 6.45) is 9.98. The van der Waals surface area contributed by atoms with Crippen LogP contribution in [0.5, 0.6) is 0 Å². The molecule has 2 heterocycles. The van der Waals surface area contributed by atoms with Gasteiger partial charge in [-0.1, -0.05) is 0 Å². The molecule has 2 N–H and O–H groups in total. The molecule has 1 unspecified atom stereocenters. The SMILES string of the molecule is CN=C(NCCN(CC1CC1)C1CC1)NCC(c1ccco1)N1CCCC1.I. The Morgan fingerprint density at radius 3 is 2.64 bits per heavy atom. The number of nitrogens with one attached hydrogen (secondary N) is 2. The minimum atomic E-state index is 0. The molecule has 7 heteroatoms. The van der Waals surface area contributed by atoms with Gasteiger partial charge in [0.2, 0.25) is 0 Å². The molecule has 0 bridgehead atoms. The molecule has 2 saturated carbocycles. The summed E-state index contributed by atoms with van der Waals surface area (Å²) in [5, 5.41) is 7.04. The molecule has 28 heavy (non-hydrogen) atoms. The predicted molar refractivity (Wildman–Crippen MR) is 124 cm³/mol. The van der Waals surface area contributed by atoms with Gasteiger partial charge in [0, 0.05) is 39.3 Å². The van der Waals surface area contributed by atoms with Crippen LogP contribution in [0, 0.1) is 5.92 Å². The summed E-state index contributed by atoms with van der Waals surface area (Å²) in [6, 6.07) is 5.20. The van der Waals surface area contributed by atoms with Crippen molar-refractivity contribution in [1.82, 2.24) is 20.4 Å². The molecule has 1 aliphatic heterocycles. The second-order valence-electron chi connectivity index (χ2n) is 8.32. The van der Waals surface area contributed by atoms with Crippen molar-refractivity contribution in [2.45, 2.75) is 50.6 Å². The molecule has 2 aliphatic carbocycles. The Bertz CT molecular complexity index is 594. The number of aliphatic imine (C=N–C) groups is 1. The summed E-state index contributed by atoms with van der Waals surface area (Å²) < 4.78 is 5.71. The number of hydrogen-bond acceptors (Lipinski definition) is 4. The summed E-state index contributed by atoms with van der Waals surface area (Å²) in [7, 11) is 1.86. The quantitative estimate of drug-likeness (QED) is 0.293. The Balaban J connectivity index is 0.00000225. The highest BCUT2D eigenvalue weighted by Crippen LogP contribution is 2.34. The van der Waals surface area contributed by atoms with E-state index in [0.29, 0.717) is 0 Å². The second-order valence-corrected chi connectivity index (χ2v) is 8.32. The standard InChI is InChI=1S/C21H35N5O.HI/c1-22-21(23-10-13-26(18-8-9-18)16-17-6-7-17)24-15-19(20-5-4-14-27-20)25-11-2-3-12-25;/h4-5,14,17-19H,2-3,6-13,15-16H2,1H3,(H2,22,23,24);1H.